The second-order valence-corrected chi connectivity index (χ2v) is 6.23. The fourth-order valence-corrected chi connectivity index (χ4v) is 2.75. The Kier molecular flexibility index (Phi) is 4.49. The molecule has 0 unspecified atom stereocenters. The third kappa shape index (κ3) is 3.36. The molecule has 2 aromatic rings. The van der Waals surface area contributed by atoms with Crippen LogP contribution < -0.4 is 9.47 Å². The fourth-order valence-electron chi connectivity index (χ4n) is 2.75. The van der Waals surface area contributed by atoms with Crippen LogP contribution in [-0.4, -0.2) is 24.6 Å². The zero-order valence-corrected chi connectivity index (χ0v) is 14.7. The van der Waals surface area contributed by atoms with Gasteiger partial charge in [0, 0.05) is 5.56 Å². The highest BCUT2D eigenvalue weighted by Gasteiger charge is 2.23. The van der Waals surface area contributed by atoms with Gasteiger partial charge < -0.3 is 14.2 Å². The molecule has 1 atom stereocenters. The number of benzene rings is 2. The second-order valence-electron chi connectivity index (χ2n) is 6.23. The fraction of sp³-hybridized carbons (Fsp3) is 0.300. The number of carbonyl (C=O) groups excluding carboxylic acids is 2. The van der Waals surface area contributed by atoms with E-state index in [4.69, 9.17) is 14.2 Å². The second kappa shape index (κ2) is 6.59. The minimum atomic E-state index is -0.876. The Balaban J connectivity index is 1.75. The summed E-state index contributed by atoms with van der Waals surface area (Å²) in [6.07, 6.45) is -0.876. The molecule has 3 rings (SSSR count). The molecular formula is C20H20O5. The summed E-state index contributed by atoms with van der Waals surface area (Å²) in [6, 6.07) is 8.61. The van der Waals surface area contributed by atoms with Gasteiger partial charge in [0.05, 0.1) is 5.56 Å². The molecule has 0 aliphatic carbocycles. The largest absolute Gasteiger partial charge is 0.454 e. The number of hydrogen-bond donors (Lipinski definition) is 0. The third-order valence-corrected chi connectivity index (χ3v) is 4.37. The molecule has 0 aromatic heterocycles. The predicted molar refractivity (Wildman–Crippen MR) is 92.4 cm³/mol. The number of rotatable bonds is 4. The van der Waals surface area contributed by atoms with E-state index < -0.39 is 12.1 Å². The minimum absolute atomic E-state index is 0.134. The van der Waals surface area contributed by atoms with E-state index in [1.165, 1.54) is 0 Å². The lowest BCUT2D eigenvalue weighted by Crippen LogP contribution is -2.25. The lowest BCUT2D eigenvalue weighted by atomic mass is 9.96. The number of aryl methyl sites for hydroxylation is 3. The molecule has 1 aliphatic heterocycles. The molecule has 0 amide bonds. The quantitative estimate of drug-likeness (QED) is 0.626. The molecule has 25 heavy (non-hydrogen) atoms. The van der Waals surface area contributed by atoms with Crippen LogP contribution in [0.1, 0.15) is 44.3 Å². The topological polar surface area (TPSA) is 61.8 Å². The third-order valence-electron chi connectivity index (χ3n) is 4.37. The highest BCUT2D eigenvalue weighted by molar-refractivity contribution is 6.02. The first kappa shape index (κ1) is 17.0. The van der Waals surface area contributed by atoms with E-state index in [2.05, 4.69) is 0 Å². The molecule has 2 aromatic carbocycles. The number of carbonyl (C=O) groups is 2. The Morgan fingerprint density at radius 1 is 0.960 bits per heavy atom. The standard InChI is InChI=1S/C20H20O5/c1-11-7-13(3)16(8-12(11)2)19(21)14(4)25-20(22)15-5-6-17-18(9-15)24-10-23-17/h5-9,14H,10H2,1-4H3/t14-/m0/s1. The van der Waals surface area contributed by atoms with Gasteiger partial charge in [-0.15, -0.1) is 0 Å². The van der Waals surface area contributed by atoms with Crippen LogP contribution >= 0.6 is 0 Å². The summed E-state index contributed by atoms with van der Waals surface area (Å²) >= 11 is 0. The average molecular weight is 340 g/mol. The summed E-state index contributed by atoms with van der Waals surface area (Å²) in [7, 11) is 0. The van der Waals surface area contributed by atoms with Crippen molar-refractivity contribution in [1.29, 1.82) is 0 Å². The van der Waals surface area contributed by atoms with Crippen LogP contribution in [0.4, 0.5) is 0 Å². The Morgan fingerprint density at radius 2 is 1.64 bits per heavy atom. The Bertz CT molecular complexity index is 853. The number of esters is 1. The molecule has 5 heteroatoms. The molecule has 5 nitrogen and oxygen atoms in total. The van der Waals surface area contributed by atoms with Gasteiger partial charge in [-0.05, 0) is 68.7 Å². The molecule has 1 aliphatic rings. The van der Waals surface area contributed by atoms with Crippen molar-refractivity contribution in [1.82, 2.24) is 0 Å². The van der Waals surface area contributed by atoms with Gasteiger partial charge in [0.2, 0.25) is 12.6 Å². The van der Waals surface area contributed by atoms with Gasteiger partial charge in [-0.1, -0.05) is 6.07 Å². The number of fused-ring (bicyclic) bond motifs is 1. The maximum absolute atomic E-state index is 12.7. The average Bonchev–Trinajstić information content (AvgIpc) is 3.05. The van der Waals surface area contributed by atoms with Gasteiger partial charge in [-0.25, -0.2) is 4.79 Å². The van der Waals surface area contributed by atoms with Crippen molar-refractivity contribution in [2.24, 2.45) is 0 Å². The van der Waals surface area contributed by atoms with Crippen molar-refractivity contribution in [3.05, 3.63) is 58.1 Å². The summed E-state index contributed by atoms with van der Waals surface area (Å²) in [5.41, 5.74) is 3.93. The first-order valence-corrected chi connectivity index (χ1v) is 8.09. The molecule has 0 radical (unpaired) electrons. The zero-order chi connectivity index (χ0) is 18.1. The maximum Gasteiger partial charge on any atom is 0.338 e. The first-order chi connectivity index (χ1) is 11.9. The first-order valence-electron chi connectivity index (χ1n) is 8.09. The van der Waals surface area contributed by atoms with Crippen LogP contribution in [-0.2, 0) is 4.74 Å². The van der Waals surface area contributed by atoms with Gasteiger partial charge in [-0.2, -0.15) is 0 Å². The number of Topliss-reactive ketones (excluding diaryl/α,β-unsaturated/α-hetero) is 1. The molecule has 0 spiro atoms. The predicted octanol–water partition coefficient (Wildman–Crippen LogP) is 3.77. The summed E-state index contributed by atoms with van der Waals surface area (Å²) in [5.74, 6) is 0.306. The van der Waals surface area contributed by atoms with Crippen LogP contribution in [0.2, 0.25) is 0 Å². The van der Waals surface area contributed by atoms with E-state index in [0.29, 0.717) is 22.6 Å². The molecule has 0 saturated heterocycles. The molecular weight excluding hydrogens is 320 g/mol. The van der Waals surface area contributed by atoms with Gasteiger partial charge in [0.1, 0.15) is 0 Å². The Morgan fingerprint density at radius 3 is 2.40 bits per heavy atom. The summed E-state index contributed by atoms with van der Waals surface area (Å²) in [6.45, 7) is 7.55. The molecule has 1 heterocycles. The van der Waals surface area contributed by atoms with E-state index in [1.807, 2.05) is 32.9 Å². The number of hydrogen-bond acceptors (Lipinski definition) is 5. The lowest BCUT2D eigenvalue weighted by molar-refractivity contribution is 0.0318. The molecule has 0 N–H and O–H groups in total. The highest BCUT2D eigenvalue weighted by Crippen LogP contribution is 2.32. The van der Waals surface area contributed by atoms with Gasteiger partial charge in [-0.3, -0.25) is 4.79 Å². The zero-order valence-electron chi connectivity index (χ0n) is 14.7. The number of ketones is 1. The molecule has 130 valence electrons. The SMILES string of the molecule is Cc1cc(C)c(C(=O)[C@H](C)OC(=O)c2ccc3c(c2)OCO3)cc1C. The van der Waals surface area contributed by atoms with Crippen molar-refractivity contribution in [2.75, 3.05) is 6.79 Å². The van der Waals surface area contributed by atoms with Crippen molar-refractivity contribution >= 4 is 11.8 Å². The molecule has 0 fully saturated rings. The van der Waals surface area contributed by atoms with E-state index >= 15 is 0 Å². The Labute approximate surface area is 146 Å². The summed E-state index contributed by atoms with van der Waals surface area (Å²) in [4.78, 5) is 25.0. The van der Waals surface area contributed by atoms with E-state index in [9.17, 15) is 9.59 Å². The van der Waals surface area contributed by atoms with Crippen molar-refractivity contribution < 1.29 is 23.8 Å². The van der Waals surface area contributed by atoms with E-state index in [-0.39, 0.29) is 12.6 Å². The number of ether oxygens (including phenoxy) is 3. The van der Waals surface area contributed by atoms with Crippen molar-refractivity contribution in [3.8, 4) is 11.5 Å². The highest BCUT2D eigenvalue weighted by atomic mass is 16.7. The van der Waals surface area contributed by atoms with Crippen LogP contribution in [0.15, 0.2) is 30.3 Å². The van der Waals surface area contributed by atoms with E-state index in [0.717, 1.165) is 16.7 Å². The molecule has 0 saturated carbocycles. The van der Waals surface area contributed by atoms with Gasteiger partial charge in [0.25, 0.3) is 0 Å². The van der Waals surface area contributed by atoms with Crippen LogP contribution in [0, 0.1) is 20.8 Å². The molecule has 0 bridgehead atoms. The monoisotopic (exact) mass is 340 g/mol. The maximum atomic E-state index is 12.7. The smallest absolute Gasteiger partial charge is 0.338 e. The lowest BCUT2D eigenvalue weighted by Gasteiger charge is -2.15. The van der Waals surface area contributed by atoms with Crippen molar-refractivity contribution in [3.63, 3.8) is 0 Å². The normalized spacial score (nSPS) is 13.4. The summed E-state index contributed by atoms with van der Waals surface area (Å²) in [5, 5.41) is 0. The van der Waals surface area contributed by atoms with Crippen molar-refractivity contribution in [2.45, 2.75) is 33.8 Å². The Hall–Kier alpha value is -2.82. The summed E-state index contributed by atoms with van der Waals surface area (Å²) < 4.78 is 15.8. The van der Waals surface area contributed by atoms with Crippen LogP contribution in [0.25, 0.3) is 0 Å². The van der Waals surface area contributed by atoms with Gasteiger partial charge >= 0.3 is 5.97 Å². The van der Waals surface area contributed by atoms with Gasteiger partial charge in [0.15, 0.2) is 17.6 Å². The van der Waals surface area contributed by atoms with Crippen LogP contribution in [0.5, 0.6) is 11.5 Å². The van der Waals surface area contributed by atoms with Crippen LogP contribution in [0.3, 0.4) is 0 Å². The minimum Gasteiger partial charge on any atom is -0.454 e. The van der Waals surface area contributed by atoms with E-state index in [1.54, 1.807) is 25.1 Å².